The third-order valence-corrected chi connectivity index (χ3v) is 3.88. The summed E-state index contributed by atoms with van der Waals surface area (Å²) >= 11 is 0. The van der Waals surface area contributed by atoms with Crippen molar-refractivity contribution in [2.45, 2.75) is 25.4 Å². The zero-order valence-electron chi connectivity index (χ0n) is 10.7. The second-order valence-electron chi connectivity index (χ2n) is 5.06. The van der Waals surface area contributed by atoms with E-state index in [0.29, 0.717) is 5.39 Å². The quantitative estimate of drug-likeness (QED) is 0.920. The normalized spacial score (nSPS) is 20.2. The fourth-order valence-electron chi connectivity index (χ4n) is 2.85. The number of aliphatic hydroxyl groups excluding tert-OH is 1. The Labute approximate surface area is 111 Å². The Hall–Kier alpha value is -1.52. The van der Waals surface area contributed by atoms with E-state index in [0.717, 1.165) is 37.0 Å². The first-order valence-electron chi connectivity index (χ1n) is 6.66. The van der Waals surface area contributed by atoms with Gasteiger partial charge in [0.2, 0.25) is 0 Å². The molecule has 1 aliphatic rings. The Morgan fingerprint density at radius 3 is 3.11 bits per heavy atom. The molecule has 1 aliphatic heterocycles. The van der Waals surface area contributed by atoms with Crippen molar-refractivity contribution in [3.05, 3.63) is 41.8 Å². The highest BCUT2D eigenvalue weighted by Gasteiger charge is 2.24. The maximum atomic E-state index is 13.7. The van der Waals surface area contributed by atoms with Crippen LogP contribution in [0.15, 0.2) is 30.5 Å². The van der Waals surface area contributed by atoms with Crippen molar-refractivity contribution in [1.82, 2.24) is 9.88 Å². The van der Waals surface area contributed by atoms with Crippen LogP contribution >= 0.6 is 0 Å². The summed E-state index contributed by atoms with van der Waals surface area (Å²) in [5.41, 5.74) is 1.75. The van der Waals surface area contributed by atoms with E-state index in [1.165, 1.54) is 6.07 Å². The van der Waals surface area contributed by atoms with Gasteiger partial charge in [0.25, 0.3) is 0 Å². The van der Waals surface area contributed by atoms with Crippen molar-refractivity contribution in [2.75, 3.05) is 13.2 Å². The van der Waals surface area contributed by atoms with Crippen molar-refractivity contribution in [1.29, 1.82) is 0 Å². The van der Waals surface area contributed by atoms with Gasteiger partial charge in [0.15, 0.2) is 0 Å². The van der Waals surface area contributed by atoms with Gasteiger partial charge < -0.3 is 5.11 Å². The molecule has 1 aromatic carbocycles. The monoisotopic (exact) mass is 260 g/mol. The van der Waals surface area contributed by atoms with Crippen LogP contribution < -0.4 is 0 Å². The van der Waals surface area contributed by atoms with Gasteiger partial charge in [0.05, 0.1) is 12.1 Å². The van der Waals surface area contributed by atoms with Crippen molar-refractivity contribution in [3.8, 4) is 0 Å². The highest BCUT2D eigenvalue weighted by molar-refractivity contribution is 5.82. The Morgan fingerprint density at radius 2 is 2.26 bits per heavy atom. The van der Waals surface area contributed by atoms with Crippen molar-refractivity contribution in [3.63, 3.8) is 0 Å². The summed E-state index contributed by atoms with van der Waals surface area (Å²) < 4.78 is 13.7. The van der Waals surface area contributed by atoms with Gasteiger partial charge in [-0.3, -0.25) is 9.88 Å². The molecule has 2 heterocycles. The zero-order valence-corrected chi connectivity index (χ0v) is 10.7. The summed E-state index contributed by atoms with van der Waals surface area (Å²) in [5, 5.41) is 9.92. The maximum Gasteiger partial charge on any atom is 0.132 e. The van der Waals surface area contributed by atoms with Crippen LogP contribution in [0.4, 0.5) is 4.39 Å². The summed E-state index contributed by atoms with van der Waals surface area (Å²) in [6.45, 7) is 1.89. The van der Waals surface area contributed by atoms with E-state index in [-0.39, 0.29) is 18.5 Å². The van der Waals surface area contributed by atoms with E-state index >= 15 is 0 Å². The predicted octanol–water partition coefficient (Wildman–Crippen LogP) is 2.33. The first-order chi connectivity index (χ1) is 9.29. The zero-order chi connectivity index (χ0) is 13.2. The number of hydrogen-bond donors (Lipinski definition) is 1. The van der Waals surface area contributed by atoms with Crippen LogP contribution in [0.5, 0.6) is 0 Å². The fourth-order valence-corrected chi connectivity index (χ4v) is 2.85. The molecule has 0 radical (unpaired) electrons. The van der Waals surface area contributed by atoms with E-state index < -0.39 is 0 Å². The molecule has 0 saturated carbocycles. The summed E-state index contributed by atoms with van der Waals surface area (Å²) in [4.78, 5) is 6.56. The fraction of sp³-hybridized carbons (Fsp3) is 0.400. The minimum absolute atomic E-state index is 0.187. The van der Waals surface area contributed by atoms with E-state index in [9.17, 15) is 9.50 Å². The number of pyridine rings is 1. The third kappa shape index (κ3) is 2.33. The molecule has 1 aromatic heterocycles. The van der Waals surface area contributed by atoms with Crippen LogP contribution in [0.25, 0.3) is 10.9 Å². The van der Waals surface area contributed by atoms with Crippen LogP contribution in [-0.2, 0) is 6.54 Å². The van der Waals surface area contributed by atoms with E-state index in [2.05, 4.69) is 9.88 Å². The van der Waals surface area contributed by atoms with Crippen LogP contribution in [0, 0.1) is 5.82 Å². The molecule has 1 saturated heterocycles. The van der Waals surface area contributed by atoms with Crippen LogP contribution in [-0.4, -0.2) is 34.2 Å². The van der Waals surface area contributed by atoms with Gasteiger partial charge >= 0.3 is 0 Å². The second-order valence-corrected chi connectivity index (χ2v) is 5.06. The van der Waals surface area contributed by atoms with E-state index in [1.807, 2.05) is 0 Å². The lowest BCUT2D eigenvalue weighted by Gasteiger charge is -2.23. The summed E-state index contributed by atoms with van der Waals surface area (Å²) in [5.74, 6) is -0.230. The number of benzene rings is 1. The summed E-state index contributed by atoms with van der Waals surface area (Å²) in [6.07, 6.45) is 3.83. The Morgan fingerprint density at radius 1 is 1.37 bits per heavy atom. The molecule has 1 fully saturated rings. The average molecular weight is 260 g/mol. The number of nitrogens with zero attached hydrogens (tertiary/aromatic N) is 2. The average Bonchev–Trinajstić information content (AvgIpc) is 2.89. The third-order valence-electron chi connectivity index (χ3n) is 3.88. The Balaban J connectivity index is 1.95. The van der Waals surface area contributed by atoms with E-state index in [1.54, 1.807) is 24.4 Å². The first kappa shape index (κ1) is 12.5. The van der Waals surface area contributed by atoms with Gasteiger partial charge in [-0.05, 0) is 43.1 Å². The smallest absolute Gasteiger partial charge is 0.132 e. The molecule has 4 heteroatoms. The Bertz CT molecular complexity index is 587. The number of aromatic nitrogens is 1. The molecule has 1 N–H and O–H groups in total. The van der Waals surface area contributed by atoms with Crippen molar-refractivity contribution >= 4 is 10.9 Å². The summed E-state index contributed by atoms with van der Waals surface area (Å²) in [7, 11) is 0. The molecule has 100 valence electrons. The molecule has 3 nitrogen and oxygen atoms in total. The Kier molecular flexibility index (Phi) is 3.44. The first-order valence-corrected chi connectivity index (χ1v) is 6.66. The molecule has 0 unspecified atom stereocenters. The van der Waals surface area contributed by atoms with Gasteiger partial charge in [0.1, 0.15) is 5.82 Å². The number of rotatable bonds is 3. The number of hydrogen-bond acceptors (Lipinski definition) is 3. The standard InChI is InChI=1S/C15H17FN2O/c16-14-6-5-11(15-13(14)4-1-7-17-15)9-18-8-2-3-12(18)10-19/h1,4-7,12,19H,2-3,8-10H2/t12-/m0/s1. The topological polar surface area (TPSA) is 36.4 Å². The summed E-state index contributed by atoms with van der Waals surface area (Å²) in [6, 6.07) is 7.04. The van der Waals surface area contributed by atoms with Gasteiger partial charge in [-0.15, -0.1) is 0 Å². The molecule has 2 aromatic rings. The lowest BCUT2D eigenvalue weighted by Crippen LogP contribution is -2.31. The van der Waals surface area contributed by atoms with Crippen molar-refractivity contribution in [2.24, 2.45) is 0 Å². The largest absolute Gasteiger partial charge is 0.395 e. The van der Waals surface area contributed by atoms with Crippen LogP contribution in [0.2, 0.25) is 0 Å². The lowest BCUT2D eigenvalue weighted by atomic mass is 10.1. The molecule has 3 rings (SSSR count). The number of aliphatic hydroxyl groups is 1. The predicted molar refractivity (Wildman–Crippen MR) is 72.2 cm³/mol. The van der Waals surface area contributed by atoms with Crippen molar-refractivity contribution < 1.29 is 9.50 Å². The minimum atomic E-state index is -0.230. The molecule has 0 bridgehead atoms. The molecule has 0 amide bonds. The van der Waals surface area contributed by atoms with Crippen LogP contribution in [0.3, 0.4) is 0 Å². The van der Waals surface area contributed by atoms with E-state index in [4.69, 9.17) is 0 Å². The molecule has 1 atom stereocenters. The SMILES string of the molecule is OC[C@@H]1CCCN1Cc1ccc(F)c2cccnc12. The second kappa shape index (κ2) is 5.23. The number of fused-ring (bicyclic) bond motifs is 1. The molecular formula is C15H17FN2O. The van der Waals surface area contributed by atoms with Gasteiger partial charge in [-0.2, -0.15) is 0 Å². The highest BCUT2D eigenvalue weighted by Crippen LogP contribution is 2.24. The van der Waals surface area contributed by atoms with Crippen LogP contribution in [0.1, 0.15) is 18.4 Å². The lowest BCUT2D eigenvalue weighted by molar-refractivity contribution is 0.154. The van der Waals surface area contributed by atoms with Gasteiger partial charge in [-0.1, -0.05) is 6.07 Å². The molecule has 19 heavy (non-hydrogen) atoms. The van der Waals surface area contributed by atoms with Gasteiger partial charge in [0, 0.05) is 24.2 Å². The molecular weight excluding hydrogens is 243 g/mol. The highest BCUT2D eigenvalue weighted by atomic mass is 19.1. The molecule has 0 aliphatic carbocycles. The minimum Gasteiger partial charge on any atom is -0.395 e. The van der Waals surface area contributed by atoms with Gasteiger partial charge in [-0.25, -0.2) is 4.39 Å². The number of halogens is 1. The molecule has 0 spiro atoms. The number of likely N-dealkylation sites (tertiary alicyclic amines) is 1. The maximum absolute atomic E-state index is 13.7.